The molecular formula is C17H24N2O5. The first-order valence-electron chi connectivity index (χ1n) is 7.81. The van der Waals surface area contributed by atoms with Gasteiger partial charge in [-0.05, 0) is 25.5 Å². The summed E-state index contributed by atoms with van der Waals surface area (Å²) in [6, 6.07) is 6.56. The van der Waals surface area contributed by atoms with Crippen molar-refractivity contribution >= 4 is 23.5 Å². The molecule has 0 aliphatic heterocycles. The van der Waals surface area contributed by atoms with Gasteiger partial charge in [0.15, 0.2) is 0 Å². The number of hydrogen-bond acceptors (Lipinski definition) is 5. The predicted molar refractivity (Wildman–Crippen MR) is 89.9 cm³/mol. The zero-order valence-electron chi connectivity index (χ0n) is 14.3. The summed E-state index contributed by atoms with van der Waals surface area (Å²) in [6.07, 6.45) is 0.682. The average Bonchev–Trinajstić information content (AvgIpc) is 2.56. The van der Waals surface area contributed by atoms with E-state index in [1.165, 1.54) is 11.8 Å². The van der Waals surface area contributed by atoms with Gasteiger partial charge in [0, 0.05) is 27.2 Å². The van der Waals surface area contributed by atoms with Crippen molar-refractivity contribution in [1.82, 2.24) is 5.32 Å². The zero-order chi connectivity index (χ0) is 17.9. The summed E-state index contributed by atoms with van der Waals surface area (Å²) >= 11 is 0. The molecule has 0 unspecified atom stereocenters. The van der Waals surface area contributed by atoms with Crippen LogP contribution in [0.25, 0.3) is 0 Å². The SMILES string of the molecule is CCOC(=O)c1ccccc1N(CC(=O)NCCCOC)C(C)=O. The molecule has 0 spiro atoms. The maximum Gasteiger partial charge on any atom is 0.340 e. The van der Waals surface area contributed by atoms with Gasteiger partial charge in [0.05, 0.1) is 17.9 Å². The molecule has 0 saturated carbocycles. The van der Waals surface area contributed by atoms with Crippen LogP contribution in [0.3, 0.4) is 0 Å². The third kappa shape index (κ3) is 6.00. The number of hydrogen-bond donors (Lipinski definition) is 1. The number of para-hydroxylation sites is 1. The largest absolute Gasteiger partial charge is 0.462 e. The maximum atomic E-state index is 12.0. The van der Waals surface area contributed by atoms with Crippen LogP contribution in [0.15, 0.2) is 24.3 Å². The highest BCUT2D eigenvalue weighted by Crippen LogP contribution is 2.21. The van der Waals surface area contributed by atoms with E-state index < -0.39 is 5.97 Å². The number of benzene rings is 1. The Hall–Kier alpha value is -2.41. The van der Waals surface area contributed by atoms with Crippen LogP contribution in [0.4, 0.5) is 5.69 Å². The molecule has 2 amide bonds. The zero-order valence-corrected chi connectivity index (χ0v) is 14.3. The van der Waals surface area contributed by atoms with Crippen LogP contribution in [0, 0.1) is 0 Å². The third-order valence-corrected chi connectivity index (χ3v) is 3.22. The average molecular weight is 336 g/mol. The number of carbonyl (C=O) groups excluding carboxylic acids is 3. The molecule has 0 atom stereocenters. The van der Waals surface area contributed by atoms with Crippen LogP contribution in [0.5, 0.6) is 0 Å². The van der Waals surface area contributed by atoms with Gasteiger partial charge in [-0.2, -0.15) is 0 Å². The number of anilines is 1. The van der Waals surface area contributed by atoms with Gasteiger partial charge < -0.3 is 19.7 Å². The van der Waals surface area contributed by atoms with E-state index in [4.69, 9.17) is 9.47 Å². The maximum absolute atomic E-state index is 12.0. The van der Waals surface area contributed by atoms with Crippen LogP contribution in [-0.4, -0.2) is 51.2 Å². The summed E-state index contributed by atoms with van der Waals surface area (Å²) in [4.78, 5) is 37.3. The molecule has 1 rings (SSSR count). The van der Waals surface area contributed by atoms with E-state index in [9.17, 15) is 14.4 Å². The summed E-state index contributed by atoms with van der Waals surface area (Å²) in [5.74, 6) is -1.17. The first kappa shape index (κ1) is 19.6. The highest BCUT2D eigenvalue weighted by molar-refractivity contribution is 6.04. The smallest absolute Gasteiger partial charge is 0.340 e. The van der Waals surface area contributed by atoms with Crippen molar-refractivity contribution in [2.45, 2.75) is 20.3 Å². The lowest BCUT2D eigenvalue weighted by atomic mass is 10.1. The standard InChI is InChI=1S/C17H24N2O5/c1-4-24-17(22)14-8-5-6-9-15(14)19(13(2)20)12-16(21)18-10-7-11-23-3/h5-6,8-9H,4,7,10-12H2,1-3H3,(H,18,21). The summed E-state index contributed by atoms with van der Waals surface area (Å²) in [5, 5.41) is 2.72. The molecule has 0 heterocycles. The number of carbonyl (C=O) groups is 3. The van der Waals surface area contributed by atoms with E-state index in [1.54, 1.807) is 38.3 Å². The van der Waals surface area contributed by atoms with E-state index in [-0.39, 0.29) is 30.5 Å². The molecule has 1 aromatic carbocycles. The molecule has 0 aliphatic rings. The fraction of sp³-hybridized carbons (Fsp3) is 0.471. The van der Waals surface area contributed by atoms with E-state index in [0.717, 1.165) is 0 Å². The minimum atomic E-state index is -0.528. The van der Waals surface area contributed by atoms with Gasteiger partial charge >= 0.3 is 5.97 Å². The number of nitrogens with one attached hydrogen (secondary N) is 1. The van der Waals surface area contributed by atoms with Crippen LogP contribution in [0.2, 0.25) is 0 Å². The topological polar surface area (TPSA) is 84.9 Å². The van der Waals surface area contributed by atoms with Crippen molar-refractivity contribution in [3.8, 4) is 0 Å². The van der Waals surface area contributed by atoms with E-state index in [0.29, 0.717) is 25.3 Å². The number of rotatable bonds is 9. The van der Waals surface area contributed by atoms with Gasteiger partial charge in [-0.3, -0.25) is 9.59 Å². The van der Waals surface area contributed by atoms with Crippen molar-refractivity contribution in [3.05, 3.63) is 29.8 Å². The van der Waals surface area contributed by atoms with Gasteiger partial charge in [-0.1, -0.05) is 12.1 Å². The van der Waals surface area contributed by atoms with Crippen molar-refractivity contribution in [2.24, 2.45) is 0 Å². The monoisotopic (exact) mass is 336 g/mol. The minimum absolute atomic E-state index is 0.168. The Morgan fingerprint density at radius 2 is 1.92 bits per heavy atom. The molecule has 1 N–H and O–H groups in total. The molecule has 0 saturated heterocycles. The van der Waals surface area contributed by atoms with Crippen LogP contribution < -0.4 is 10.2 Å². The molecule has 0 aliphatic carbocycles. The highest BCUT2D eigenvalue weighted by Gasteiger charge is 2.22. The van der Waals surface area contributed by atoms with Gasteiger partial charge in [0.25, 0.3) is 0 Å². The molecule has 0 radical (unpaired) electrons. The fourth-order valence-electron chi connectivity index (χ4n) is 2.10. The Labute approximate surface area is 141 Å². The van der Waals surface area contributed by atoms with Crippen molar-refractivity contribution < 1.29 is 23.9 Å². The Balaban J connectivity index is 2.87. The molecule has 1 aromatic rings. The third-order valence-electron chi connectivity index (χ3n) is 3.22. The summed E-state index contributed by atoms with van der Waals surface area (Å²) in [5.41, 5.74) is 0.609. The number of nitrogens with zero attached hydrogens (tertiary/aromatic N) is 1. The van der Waals surface area contributed by atoms with E-state index in [2.05, 4.69) is 5.32 Å². The molecule has 0 bridgehead atoms. The number of amides is 2. The van der Waals surface area contributed by atoms with Crippen molar-refractivity contribution in [1.29, 1.82) is 0 Å². The Bertz CT molecular complexity index is 574. The lowest BCUT2D eigenvalue weighted by Gasteiger charge is -2.22. The number of esters is 1. The van der Waals surface area contributed by atoms with E-state index >= 15 is 0 Å². The number of ether oxygens (including phenoxy) is 2. The quantitative estimate of drug-likeness (QED) is 0.544. The summed E-state index contributed by atoms with van der Waals surface area (Å²) in [7, 11) is 1.59. The van der Waals surface area contributed by atoms with Crippen LogP contribution >= 0.6 is 0 Å². The second-order valence-corrected chi connectivity index (χ2v) is 5.04. The fourth-order valence-corrected chi connectivity index (χ4v) is 2.10. The second kappa shape index (κ2) is 10.4. The van der Waals surface area contributed by atoms with Gasteiger partial charge in [0.1, 0.15) is 6.54 Å². The Morgan fingerprint density at radius 1 is 1.21 bits per heavy atom. The molecule has 0 aromatic heterocycles. The molecule has 7 heteroatoms. The minimum Gasteiger partial charge on any atom is -0.462 e. The molecule has 0 fully saturated rings. The van der Waals surface area contributed by atoms with Crippen LogP contribution in [0.1, 0.15) is 30.6 Å². The molecule has 7 nitrogen and oxygen atoms in total. The predicted octanol–water partition coefficient (Wildman–Crippen LogP) is 1.37. The first-order chi connectivity index (χ1) is 11.5. The molecule has 24 heavy (non-hydrogen) atoms. The van der Waals surface area contributed by atoms with Crippen LogP contribution in [-0.2, 0) is 19.1 Å². The first-order valence-corrected chi connectivity index (χ1v) is 7.81. The molecular weight excluding hydrogens is 312 g/mol. The van der Waals surface area contributed by atoms with Crippen molar-refractivity contribution in [3.63, 3.8) is 0 Å². The molecule has 132 valence electrons. The lowest BCUT2D eigenvalue weighted by molar-refractivity contribution is -0.123. The lowest BCUT2D eigenvalue weighted by Crippen LogP contribution is -2.41. The van der Waals surface area contributed by atoms with Gasteiger partial charge in [-0.15, -0.1) is 0 Å². The summed E-state index contributed by atoms with van der Waals surface area (Å²) in [6.45, 7) is 4.11. The Morgan fingerprint density at radius 3 is 2.54 bits per heavy atom. The van der Waals surface area contributed by atoms with Gasteiger partial charge in [0.2, 0.25) is 11.8 Å². The van der Waals surface area contributed by atoms with E-state index in [1.807, 2.05) is 0 Å². The Kier molecular flexibility index (Phi) is 8.49. The van der Waals surface area contributed by atoms with Crippen molar-refractivity contribution in [2.75, 3.05) is 38.3 Å². The van der Waals surface area contributed by atoms with Gasteiger partial charge in [-0.25, -0.2) is 4.79 Å². The summed E-state index contributed by atoms with van der Waals surface area (Å²) < 4.78 is 9.91. The second-order valence-electron chi connectivity index (χ2n) is 5.04. The number of methoxy groups -OCH3 is 1. The highest BCUT2D eigenvalue weighted by atomic mass is 16.5. The normalized spacial score (nSPS) is 10.1.